The van der Waals surface area contributed by atoms with Crippen LogP contribution in [0.1, 0.15) is 0 Å². The predicted molar refractivity (Wildman–Crippen MR) is 50.8 cm³/mol. The van der Waals surface area contributed by atoms with Crippen LogP contribution >= 0.6 is 12.2 Å². The van der Waals surface area contributed by atoms with Crippen molar-refractivity contribution in [1.29, 1.82) is 0 Å². The van der Waals surface area contributed by atoms with Crippen molar-refractivity contribution in [2.45, 2.75) is 6.54 Å². The fourth-order valence-electron chi connectivity index (χ4n) is 0.803. The van der Waals surface area contributed by atoms with Gasteiger partial charge in [-0.2, -0.15) is 0 Å². The smallest absolute Gasteiger partial charge is 0.213 e. The minimum Gasteiger partial charge on any atom is -0.337 e. The van der Waals surface area contributed by atoms with Gasteiger partial charge in [0.15, 0.2) is 4.77 Å². The highest BCUT2D eigenvalue weighted by Gasteiger charge is 2.06. The van der Waals surface area contributed by atoms with Crippen LogP contribution in [0.3, 0.4) is 0 Å². The zero-order chi connectivity index (χ0) is 9.90. The number of imidazole rings is 1. The molecule has 1 heterocycles. The van der Waals surface area contributed by atoms with Gasteiger partial charge in [0.2, 0.25) is 10.0 Å². The van der Waals surface area contributed by atoms with Crippen LogP contribution in [0.5, 0.6) is 0 Å². The van der Waals surface area contributed by atoms with Gasteiger partial charge in [0.05, 0.1) is 12.8 Å². The third-order valence-electron chi connectivity index (χ3n) is 1.50. The maximum atomic E-state index is 10.9. The number of hydrogen-bond donors (Lipinski definition) is 2. The van der Waals surface area contributed by atoms with Crippen LogP contribution in [0, 0.1) is 11.8 Å². The number of nitrogens with one attached hydrogen (secondary N) is 2. The lowest BCUT2D eigenvalue weighted by Crippen LogP contribution is -2.23. The number of aromatic amines is 1. The Morgan fingerprint density at radius 2 is 2.38 bits per heavy atom. The molecule has 0 aliphatic rings. The minimum absolute atomic E-state index is 0.0876. The van der Waals surface area contributed by atoms with E-state index in [9.17, 15) is 8.42 Å². The molecule has 13 heavy (non-hydrogen) atoms. The molecule has 0 saturated heterocycles. The molecule has 0 aliphatic carbocycles. The van der Waals surface area contributed by atoms with Gasteiger partial charge < -0.3 is 9.55 Å². The third kappa shape index (κ3) is 2.94. The predicted octanol–water partition coefficient (Wildman–Crippen LogP) is 0.134. The second kappa shape index (κ2) is 4.03. The molecular weight excluding hydrogens is 210 g/mol. The fraction of sp³-hybridized carbons (Fsp3) is 0.333. The van der Waals surface area contributed by atoms with E-state index in [1.807, 2.05) is 0 Å². The van der Waals surface area contributed by atoms with Gasteiger partial charge in [-0.3, -0.25) is 0 Å². The monoisotopic (exact) mass is 219 g/mol. The number of hydrogen-bond acceptors (Lipinski definition) is 3. The van der Waals surface area contributed by atoms with Gasteiger partial charge in [0, 0.05) is 18.9 Å². The molecule has 0 aliphatic heterocycles. The van der Waals surface area contributed by atoms with Crippen molar-refractivity contribution in [1.82, 2.24) is 14.3 Å². The summed E-state index contributed by atoms with van der Waals surface area (Å²) < 4.78 is 25.7. The van der Waals surface area contributed by atoms with Crippen molar-refractivity contribution in [3.63, 3.8) is 0 Å². The van der Waals surface area contributed by atoms with Crippen LogP contribution in [0.15, 0.2) is 12.4 Å². The first kappa shape index (κ1) is 10.4. The first-order valence-corrected chi connectivity index (χ1v) is 5.55. The molecular formula is C6H9N3O2S2. The van der Waals surface area contributed by atoms with Gasteiger partial charge >= 0.3 is 0 Å². The van der Waals surface area contributed by atoms with Gasteiger partial charge in [-0.1, -0.05) is 0 Å². The Kier molecular flexibility index (Phi) is 3.23. The van der Waals surface area contributed by atoms with Crippen molar-refractivity contribution in [2.24, 2.45) is 0 Å². The normalized spacial score (nSPS) is 11.8. The van der Waals surface area contributed by atoms with Crippen molar-refractivity contribution in [3.05, 3.63) is 24.2 Å². The zero-order valence-electron chi connectivity index (χ0n) is 6.73. The molecule has 2 N–H and O–H groups in total. The van der Waals surface area contributed by atoms with Crippen molar-refractivity contribution in [2.75, 3.05) is 5.75 Å². The molecule has 0 bridgehead atoms. The van der Waals surface area contributed by atoms with Crippen LogP contribution in [-0.2, 0) is 16.6 Å². The van der Waals surface area contributed by atoms with E-state index < -0.39 is 10.0 Å². The SMILES string of the molecule is [CH]NS(=O)(=O)CCn1cc[nH]c1=S. The molecule has 0 fully saturated rings. The number of sulfonamides is 1. The quantitative estimate of drug-likeness (QED) is 0.559. The highest BCUT2D eigenvalue weighted by molar-refractivity contribution is 7.89. The summed E-state index contributed by atoms with van der Waals surface area (Å²) in [7, 11) is 1.44. The summed E-state index contributed by atoms with van der Waals surface area (Å²) in [6.45, 7) is 0.287. The fourth-order valence-corrected chi connectivity index (χ4v) is 1.58. The summed E-state index contributed by atoms with van der Waals surface area (Å²) in [6, 6.07) is 0. The Morgan fingerprint density at radius 1 is 1.69 bits per heavy atom. The summed E-state index contributed by atoms with van der Waals surface area (Å²) in [5, 5.41) is 0. The Labute approximate surface area is 81.8 Å². The summed E-state index contributed by atoms with van der Waals surface area (Å²) in [5.74, 6) is -0.0876. The second-order valence-electron chi connectivity index (χ2n) is 2.40. The Balaban J connectivity index is 2.64. The van der Waals surface area contributed by atoms with E-state index in [1.165, 1.54) is 0 Å². The molecule has 0 spiro atoms. The van der Waals surface area contributed by atoms with Crippen LogP contribution in [0.4, 0.5) is 0 Å². The summed E-state index contributed by atoms with van der Waals surface area (Å²) in [4.78, 5) is 2.75. The van der Waals surface area contributed by atoms with E-state index in [2.05, 4.69) is 4.98 Å². The van der Waals surface area contributed by atoms with E-state index in [0.717, 1.165) is 0 Å². The van der Waals surface area contributed by atoms with E-state index in [4.69, 9.17) is 19.3 Å². The standard InChI is InChI=1S/C6H9N3O2S2/c1-7-13(10,11)5-4-9-3-2-8-6(9)12/h1-3,7H,4-5H2,(H,8,12). The van der Waals surface area contributed by atoms with E-state index in [0.29, 0.717) is 4.77 Å². The number of aryl methyl sites for hydroxylation is 1. The lowest BCUT2D eigenvalue weighted by atomic mass is 10.7. The molecule has 0 saturated carbocycles. The first-order chi connectivity index (χ1) is 6.05. The number of rotatable bonds is 4. The molecule has 0 aromatic carbocycles. The third-order valence-corrected chi connectivity index (χ3v) is 2.93. The number of nitrogens with zero attached hydrogens (tertiary/aromatic N) is 1. The maximum absolute atomic E-state index is 10.9. The average molecular weight is 219 g/mol. The lowest BCUT2D eigenvalue weighted by Gasteiger charge is -2.02. The van der Waals surface area contributed by atoms with Gasteiger partial charge in [-0.15, -0.1) is 0 Å². The molecule has 0 atom stereocenters. The van der Waals surface area contributed by atoms with Crippen LogP contribution in [0.25, 0.3) is 0 Å². The maximum Gasteiger partial charge on any atom is 0.213 e. The van der Waals surface area contributed by atoms with Crippen LogP contribution < -0.4 is 4.72 Å². The Hall–Kier alpha value is -0.660. The van der Waals surface area contributed by atoms with E-state index >= 15 is 0 Å². The average Bonchev–Trinajstić information content (AvgIpc) is 2.48. The van der Waals surface area contributed by atoms with Gasteiger partial charge in [-0.25, -0.2) is 13.1 Å². The van der Waals surface area contributed by atoms with Crippen molar-refractivity contribution in [3.8, 4) is 0 Å². The van der Waals surface area contributed by atoms with Crippen LogP contribution in [-0.4, -0.2) is 23.7 Å². The number of H-pyrrole nitrogens is 1. The molecule has 72 valence electrons. The summed E-state index contributed by atoms with van der Waals surface area (Å²) in [6.07, 6.45) is 3.32. The molecule has 1 aromatic heterocycles. The number of aromatic nitrogens is 2. The van der Waals surface area contributed by atoms with Crippen molar-refractivity contribution >= 4 is 22.2 Å². The second-order valence-corrected chi connectivity index (χ2v) is 4.66. The van der Waals surface area contributed by atoms with E-state index in [-0.39, 0.29) is 12.3 Å². The lowest BCUT2D eigenvalue weighted by molar-refractivity contribution is 0.582. The highest BCUT2D eigenvalue weighted by Crippen LogP contribution is 1.93. The molecule has 0 amide bonds. The molecule has 5 nitrogen and oxygen atoms in total. The first-order valence-electron chi connectivity index (χ1n) is 3.49. The molecule has 1 rings (SSSR count). The zero-order valence-corrected chi connectivity index (χ0v) is 8.36. The minimum atomic E-state index is -3.37. The van der Waals surface area contributed by atoms with E-state index in [1.54, 1.807) is 21.7 Å². The van der Waals surface area contributed by atoms with Crippen LogP contribution in [0.2, 0.25) is 0 Å². The van der Waals surface area contributed by atoms with Crippen molar-refractivity contribution < 1.29 is 8.42 Å². The molecule has 2 radical (unpaired) electrons. The summed E-state index contributed by atoms with van der Waals surface area (Å²) in [5.41, 5.74) is 0. The highest BCUT2D eigenvalue weighted by atomic mass is 32.2. The van der Waals surface area contributed by atoms with Gasteiger partial charge in [0.25, 0.3) is 0 Å². The molecule has 7 heteroatoms. The Bertz CT molecular complexity index is 417. The Morgan fingerprint density at radius 3 is 2.85 bits per heavy atom. The summed E-state index contributed by atoms with van der Waals surface area (Å²) >= 11 is 4.87. The molecule has 0 unspecified atom stereocenters. The largest absolute Gasteiger partial charge is 0.337 e. The van der Waals surface area contributed by atoms with Gasteiger partial charge in [0.1, 0.15) is 0 Å². The van der Waals surface area contributed by atoms with Gasteiger partial charge in [-0.05, 0) is 12.2 Å². The molecule has 1 aromatic rings. The topological polar surface area (TPSA) is 66.9 Å².